The summed E-state index contributed by atoms with van der Waals surface area (Å²) in [7, 11) is 6.52. The molecule has 158 valence electrons. The van der Waals surface area contributed by atoms with Gasteiger partial charge in [-0.2, -0.15) is 0 Å². The Morgan fingerprint density at radius 1 is 0.862 bits per heavy atom. The Kier molecular flexibility index (Phi) is 8.45. The summed E-state index contributed by atoms with van der Waals surface area (Å²) >= 11 is 0. The van der Waals surface area contributed by atoms with E-state index in [-0.39, 0.29) is 0 Å². The zero-order valence-electron chi connectivity index (χ0n) is 18.1. The average Bonchev–Trinajstić information content (AvgIpc) is 2.71. The van der Waals surface area contributed by atoms with E-state index in [1.807, 2.05) is 24.3 Å². The summed E-state index contributed by atoms with van der Waals surface area (Å²) in [5, 5.41) is 6.52. The van der Waals surface area contributed by atoms with E-state index in [9.17, 15) is 0 Å². The van der Waals surface area contributed by atoms with Crippen molar-refractivity contribution in [2.24, 2.45) is 4.99 Å². The molecule has 0 fully saturated rings. The van der Waals surface area contributed by atoms with Crippen LogP contribution < -0.4 is 29.6 Å². The number of nitrogens with one attached hydrogen (secondary N) is 2. The molecule has 0 aliphatic rings. The molecule has 0 saturated carbocycles. The largest absolute Gasteiger partial charge is 0.493 e. The van der Waals surface area contributed by atoms with Crippen LogP contribution in [0.1, 0.15) is 16.7 Å². The molecule has 0 spiro atoms. The van der Waals surface area contributed by atoms with Crippen molar-refractivity contribution < 1.29 is 18.9 Å². The monoisotopic (exact) mass is 401 g/mol. The third-order valence-electron chi connectivity index (χ3n) is 4.27. The zero-order chi connectivity index (χ0) is 21.2. The highest BCUT2D eigenvalue weighted by Gasteiger charge is 2.13. The van der Waals surface area contributed by atoms with Crippen molar-refractivity contribution in [1.29, 1.82) is 0 Å². The molecule has 0 saturated heterocycles. The number of aliphatic imine (C=N–C) groups is 1. The van der Waals surface area contributed by atoms with E-state index in [1.165, 1.54) is 11.1 Å². The molecule has 7 nitrogen and oxygen atoms in total. The molecule has 2 aromatic rings. The molecule has 0 aliphatic heterocycles. The van der Waals surface area contributed by atoms with Gasteiger partial charge in [0.15, 0.2) is 17.5 Å². The van der Waals surface area contributed by atoms with Crippen molar-refractivity contribution in [2.75, 3.05) is 41.5 Å². The Balaban J connectivity index is 1.87. The standard InChI is InChI=1S/C22H31N3O4/c1-15-9-16(2)11-18(10-15)29-8-7-24-22(23-3)25-14-17-12-19(26-4)21(28-6)20(13-17)27-5/h9-13H,7-8,14H2,1-6H3,(H2,23,24,25). The smallest absolute Gasteiger partial charge is 0.203 e. The van der Waals surface area contributed by atoms with Crippen molar-refractivity contribution in [3.05, 3.63) is 47.0 Å². The molecule has 0 unspecified atom stereocenters. The zero-order valence-corrected chi connectivity index (χ0v) is 18.1. The van der Waals surface area contributed by atoms with E-state index in [1.54, 1.807) is 28.4 Å². The van der Waals surface area contributed by atoms with Crippen molar-refractivity contribution in [3.8, 4) is 23.0 Å². The van der Waals surface area contributed by atoms with Crippen LogP contribution in [0.15, 0.2) is 35.3 Å². The maximum absolute atomic E-state index is 5.82. The minimum Gasteiger partial charge on any atom is -0.493 e. The van der Waals surface area contributed by atoms with Gasteiger partial charge >= 0.3 is 0 Å². The Bertz CT molecular complexity index is 792. The van der Waals surface area contributed by atoms with Gasteiger partial charge in [-0.3, -0.25) is 4.99 Å². The number of nitrogens with zero attached hydrogens (tertiary/aromatic N) is 1. The Hall–Kier alpha value is -3.09. The van der Waals surface area contributed by atoms with Crippen molar-refractivity contribution in [3.63, 3.8) is 0 Å². The lowest BCUT2D eigenvalue weighted by Crippen LogP contribution is -2.38. The van der Waals surface area contributed by atoms with E-state index < -0.39 is 0 Å². The van der Waals surface area contributed by atoms with Gasteiger partial charge in [-0.1, -0.05) is 6.07 Å². The minimum absolute atomic E-state index is 0.535. The number of rotatable bonds is 9. The van der Waals surface area contributed by atoms with Gasteiger partial charge in [-0.05, 0) is 54.8 Å². The summed E-state index contributed by atoms with van der Waals surface area (Å²) in [4.78, 5) is 4.25. The van der Waals surface area contributed by atoms with Crippen LogP contribution in [0.5, 0.6) is 23.0 Å². The van der Waals surface area contributed by atoms with Crippen LogP contribution in [0.25, 0.3) is 0 Å². The van der Waals surface area contributed by atoms with Crippen LogP contribution in [0, 0.1) is 13.8 Å². The molecule has 0 amide bonds. The lowest BCUT2D eigenvalue weighted by molar-refractivity contribution is 0.321. The Morgan fingerprint density at radius 3 is 2.00 bits per heavy atom. The van der Waals surface area contributed by atoms with Crippen LogP contribution in [0.3, 0.4) is 0 Å². The number of guanidine groups is 1. The van der Waals surface area contributed by atoms with Crippen LogP contribution in [0.4, 0.5) is 0 Å². The van der Waals surface area contributed by atoms with Gasteiger partial charge < -0.3 is 29.6 Å². The Labute approximate surface area is 173 Å². The SMILES string of the molecule is CN=C(NCCOc1cc(C)cc(C)c1)NCc1cc(OC)c(OC)c(OC)c1. The van der Waals surface area contributed by atoms with Gasteiger partial charge in [0.05, 0.1) is 27.9 Å². The third kappa shape index (κ3) is 6.48. The van der Waals surface area contributed by atoms with Gasteiger partial charge in [0, 0.05) is 13.6 Å². The molecule has 0 aliphatic carbocycles. The van der Waals surface area contributed by atoms with Gasteiger partial charge in [-0.25, -0.2) is 0 Å². The highest BCUT2D eigenvalue weighted by Crippen LogP contribution is 2.38. The fraction of sp³-hybridized carbons (Fsp3) is 0.409. The first-order valence-electron chi connectivity index (χ1n) is 9.45. The second kappa shape index (κ2) is 11.0. The number of methoxy groups -OCH3 is 3. The molecule has 0 radical (unpaired) electrons. The van der Waals surface area contributed by atoms with E-state index in [0.717, 1.165) is 11.3 Å². The van der Waals surface area contributed by atoms with Crippen molar-refractivity contribution >= 4 is 5.96 Å². The van der Waals surface area contributed by atoms with Gasteiger partial charge in [0.2, 0.25) is 5.75 Å². The van der Waals surface area contributed by atoms with Crippen LogP contribution >= 0.6 is 0 Å². The molecule has 2 aromatic carbocycles. The number of benzene rings is 2. The van der Waals surface area contributed by atoms with Crippen molar-refractivity contribution in [1.82, 2.24) is 10.6 Å². The lowest BCUT2D eigenvalue weighted by atomic mass is 10.1. The lowest BCUT2D eigenvalue weighted by Gasteiger charge is -2.16. The van der Waals surface area contributed by atoms with Gasteiger partial charge in [-0.15, -0.1) is 0 Å². The number of ether oxygens (including phenoxy) is 4. The second-order valence-corrected chi connectivity index (χ2v) is 6.56. The predicted molar refractivity (Wildman–Crippen MR) is 116 cm³/mol. The van der Waals surface area contributed by atoms with E-state index in [4.69, 9.17) is 18.9 Å². The first kappa shape index (κ1) is 22.2. The number of aryl methyl sites for hydroxylation is 2. The quantitative estimate of drug-likeness (QED) is 0.382. The molecule has 0 bridgehead atoms. The van der Waals surface area contributed by atoms with Crippen LogP contribution in [-0.4, -0.2) is 47.5 Å². The molecule has 29 heavy (non-hydrogen) atoms. The highest BCUT2D eigenvalue weighted by molar-refractivity contribution is 5.79. The van der Waals surface area contributed by atoms with Crippen molar-refractivity contribution in [2.45, 2.75) is 20.4 Å². The normalized spacial score (nSPS) is 11.0. The molecule has 7 heteroatoms. The summed E-state index contributed by atoms with van der Waals surface area (Å²) in [6, 6.07) is 10.0. The van der Waals surface area contributed by atoms with Crippen LogP contribution in [0.2, 0.25) is 0 Å². The molecule has 0 aromatic heterocycles. The molecule has 2 N–H and O–H groups in total. The fourth-order valence-corrected chi connectivity index (χ4v) is 3.00. The molecule has 2 rings (SSSR count). The fourth-order valence-electron chi connectivity index (χ4n) is 3.00. The third-order valence-corrected chi connectivity index (χ3v) is 4.27. The maximum Gasteiger partial charge on any atom is 0.203 e. The number of hydrogen-bond acceptors (Lipinski definition) is 5. The summed E-state index contributed by atoms with van der Waals surface area (Å²) in [6.45, 7) is 5.84. The topological polar surface area (TPSA) is 73.3 Å². The molecular formula is C22H31N3O4. The predicted octanol–water partition coefficient (Wildman–Crippen LogP) is 3.07. The first-order chi connectivity index (χ1) is 14.0. The number of hydrogen-bond donors (Lipinski definition) is 2. The summed E-state index contributed by atoms with van der Waals surface area (Å²) in [5.41, 5.74) is 3.36. The van der Waals surface area contributed by atoms with E-state index in [2.05, 4.69) is 35.5 Å². The average molecular weight is 402 g/mol. The van der Waals surface area contributed by atoms with Gasteiger partial charge in [0.25, 0.3) is 0 Å². The molecular weight excluding hydrogens is 370 g/mol. The summed E-state index contributed by atoms with van der Waals surface area (Å²) in [6.07, 6.45) is 0. The van der Waals surface area contributed by atoms with E-state index >= 15 is 0 Å². The first-order valence-corrected chi connectivity index (χ1v) is 9.45. The Morgan fingerprint density at radius 2 is 1.48 bits per heavy atom. The highest BCUT2D eigenvalue weighted by atomic mass is 16.5. The molecule has 0 heterocycles. The second-order valence-electron chi connectivity index (χ2n) is 6.56. The van der Waals surface area contributed by atoms with Crippen LogP contribution in [-0.2, 0) is 6.54 Å². The summed E-state index contributed by atoms with van der Waals surface area (Å²) < 4.78 is 22.0. The molecule has 0 atom stereocenters. The maximum atomic E-state index is 5.82. The van der Waals surface area contributed by atoms with Gasteiger partial charge in [0.1, 0.15) is 12.4 Å². The summed E-state index contributed by atoms with van der Waals surface area (Å²) in [5.74, 6) is 3.37. The van der Waals surface area contributed by atoms with E-state index in [0.29, 0.717) is 42.9 Å². The minimum atomic E-state index is 0.535.